The maximum Gasteiger partial charge on any atom is 1.00 e. The predicted molar refractivity (Wildman–Crippen MR) is 116 cm³/mol. The Hall–Kier alpha value is 0.280. The Balaban J connectivity index is -0.00000392. The van der Waals surface area contributed by atoms with E-state index in [0.29, 0.717) is 0 Å². The Morgan fingerprint density at radius 3 is 1.93 bits per heavy atom. The number of hydrogen-bond donors (Lipinski definition) is 3. The molecule has 9 heteroatoms. The molecule has 0 saturated carbocycles. The zero-order chi connectivity index (χ0) is 21.8. The number of allylic oxidation sites excluding steroid dienone is 2. The van der Waals surface area contributed by atoms with Crippen molar-refractivity contribution in [2.24, 2.45) is 0 Å². The van der Waals surface area contributed by atoms with E-state index in [1.165, 1.54) is 51.4 Å². The SMILES string of the molecule is CCCCCCCC/C=C/CCCCCCCC(=O)OCC(O)COP(=O)(O)O.[H-].[Na+]. The van der Waals surface area contributed by atoms with Crippen molar-refractivity contribution < 1.29 is 64.5 Å². The van der Waals surface area contributed by atoms with E-state index < -0.39 is 26.5 Å². The number of phosphoric acid groups is 1. The van der Waals surface area contributed by atoms with Crippen LogP contribution >= 0.6 is 7.82 Å². The Bertz CT molecular complexity index is 475. The van der Waals surface area contributed by atoms with Crippen LogP contribution in [0, 0.1) is 0 Å². The number of ether oxygens (including phenoxy) is 1. The quantitative estimate of drug-likeness (QED) is 0.0839. The first-order chi connectivity index (χ1) is 13.8. The first-order valence-electron chi connectivity index (χ1n) is 11.0. The van der Waals surface area contributed by atoms with E-state index >= 15 is 0 Å². The van der Waals surface area contributed by atoms with E-state index in [9.17, 15) is 14.5 Å². The number of unbranched alkanes of at least 4 members (excludes halogenated alkanes) is 11. The van der Waals surface area contributed by atoms with Crippen LogP contribution in [0.25, 0.3) is 0 Å². The van der Waals surface area contributed by atoms with Crippen molar-refractivity contribution in [3.63, 3.8) is 0 Å². The molecular formula is C21H42NaO7P. The van der Waals surface area contributed by atoms with Gasteiger partial charge in [-0.3, -0.25) is 9.32 Å². The topological polar surface area (TPSA) is 113 Å². The average Bonchev–Trinajstić information content (AvgIpc) is 2.67. The van der Waals surface area contributed by atoms with E-state index in [1.54, 1.807) is 0 Å². The summed E-state index contributed by atoms with van der Waals surface area (Å²) >= 11 is 0. The first-order valence-corrected chi connectivity index (χ1v) is 12.6. The molecule has 0 saturated heterocycles. The Kier molecular flexibility index (Phi) is 24.3. The summed E-state index contributed by atoms with van der Waals surface area (Å²) in [4.78, 5) is 28.6. The van der Waals surface area contributed by atoms with Crippen molar-refractivity contribution >= 4 is 13.8 Å². The van der Waals surface area contributed by atoms with Crippen LogP contribution in [-0.4, -0.2) is 40.2 Å². The van der Waals surface area contributed by atoms with Crippen LogP contribution in [0.4, 0.5) is 0 Å². The van der Waals surface area contributed by atoms with Crippen LogP contribution in [0.3, 0.4) is 0 Å². The van der Waals surface area contributed by atoms with Gasteiger partial charge in [-0.05, 0) is 32.1 Å². The Morgan fingerprint density at radius 1 is 0.900 bits per heavy atom. The number of carbonyl (C=O) groups excluding carboxylic acids is 1. The van der Waals surface area contributed by atoms with Gasteiger partial charge in [-0.2, -0.15) is 0 Å². The van der Waals surface area contributed by atoms with Crippen molar-refractivity contribution in [1.82, 2.24) is 0 Å². The van der Waals surface area contributed by atoms with Gasteiger partial charge in [0, 0.05) is 6.42 Å². The maximum atomic E-state index is 11.5. The molecule has 0 fully saturated rings. The number of carbonyl (C=O) groups is 1. The summed E-state index contributed by atoms with van der Waals surface area (Å²) < 4.78 is 19.5. The molecule has 0 aromatic rings. The first kappa shape index (κ1) is 32.5. The summed E-state index contributed by atoms with van der Waals surface area (Å²) in [6.07, 6.45) is 19.0. The second-order valence-electron chi connectivity index (χ2n) is 7.46. The van der Waals surface area contributed by atoms with E-state index in [4.69, 9.17) is 14.5 Å². The van der Waals surface area contributed by atoms with Crippen molar-refractivity contribution in [1.29, 1.82) is 0 Å². The fourth-order valence-electron chi connectivity index (χ4n) is 2.83. The maximum absolute atomic E-state index is 11.5. The Morgan fingerprint density at radius 2 is 1.40 bits per heavy atom. The number of phosphoric ester groups is 1. The van der Waals surface area contributed by atoms with Crippen molar-refractivity contribution in [3.8, 4) is 0 Å². The number of aliphatic hydroxyl groups excluding tert-OH is 1. The molecule has 0 heterocycles. The van der Waals surface area contributed by atoms with Gasteiger partial charge < -0.3 is 21.1 Å². The molecule has 3 N–H and O–H groups in total. The second-order valence-corrected chi connectivity index (χ2v) is 8.70. The molecule has 0 amide bonds. The van der Waals surface area contributed by atoms with Crippen molar-refractivity contribution in [3.05, 3.63) is 12.2 Å². The van der Waals surface area contributed by atoms with E-state index in [-0.39, 0.29) is 44.0 Å². The van der Waals surface area contributed by atoms with Crippen LogP contribution in [0.2, 0.25) is 0 Å². The molecule has 0 bridgehead atoms. The summed E-state index contributed by atoms with van der Waals surface area (Å²) in [5.41, 5.74) is 0. The van der Waals surface area contributed by atoms with Gasteiger partial charge in [0.15, 0.2) is 0 Å². The van der Waals surface area contributed by atoms with E-state index in [2.05, 4.69) is 23.6 Å². The van der Waals surface area contributed by atoms with Gasteiger partial charge in [0.2, 0.25) is 0 Å². The van der Waals surface area contributed by atoms with Gasteiger partial charge >= 0.3 is 43.3 Å². The summed E-state index contributed by atoms with van der Waals surface area (Å²) in [6, 6.07) is 0. The van der Waals surface area contributed by atoms with Gasteiger partial charge in [0.25, 0.3) is 0 Å². The van der Waals surface area contributed by atoms with Crippen molar-refractivity contribution in [2.45, 2.75) is 103 Å². The van der Waals surface area contributed by atoms with Gasteiger partial charge in [-0.25, -0.2) is 4.57 Å². The van der Waals surface area contributed by atoms with Gasteiger partial charge in [0.05, 0.1) is 6.61 Å². The Labute approximate surface area is 206 Å². The average molecular weight is 461 g/mol. The number of esters is 1. The molecule has 1 atom stereocenters. The fraction of sp³-hybridized carbons (Fsp3) is 0.857. The minimum atomic E-state index is -4.62. The zero-order valence-corrected chi connectivity index (χ0v) is 21.9. The molecule has 30 heavy (non-hydrogen) atoms. The molecule has 7 nitrogen and oxygen atoms in total. The summed E-state index contributed by atoms with van der Waals surface area (Å²) in [5.74, 6) is -0.419. The third-order valence-corrected chi connectivity index (χ3v) is 5.00. The molecule has 0 aromatic carbocycles. The summed E-state index contributed by atoms with van der Waals surface area (Å²) in [5, 5.41) is 9.41. The van der Waals surface area contributed by atoms with Crippen LogP contribution in [0.1, 0.15) is 98.2 Å². The normalized spacial score (nSPS) is 12.7. The molecule has 0 aliphatic carbocycles. The molecule has 174 valence electrons. The number of hydrogen-bond acceptors (Lipinski definition) is 5. The molecule has 0 radical (unpaired) electrons. The predicted octanol–water partition coefficient (Wildman–Crippen LogP) is 2.15. The van der Waals surface area contributed by atoms with E-state index in [0.717, 1.165) is 32.1 Å². The number of aliphatic hydroxyl groups is 1. The minimum Gasteiger partial charge on any atom is -1.00 e. The van der Waals surface area contributed by atoms with Crippen LogP contribution in [0.5, 0.6) is 0 Å². The van der Waals surface area contributed by atoms with Crippen LogP contribution in [0.15, 0.2) is 12.2 Å². The molecule has 0 aliphatic rings. The zero-order valence-electron chi connectivity index (χ0n) is 20.0. The molecule has 1 unspecified atom stereocenters. The van der Waals surface area contributed by atoms with E-state index in [1.807, 2.05) is 0 Å². The summed E-state index contributed by atoms with van der Waals surface area (Å²) in [7, 11) is -4.62. The fourth-order valence-corrected chi connectivity index (χ4v) is 3.20. The standard InChI is InChI=1S/C21H41O7P.Na.H/c1-2-3-4-5-6-7-8-9-10-11-12-13-14-15-16-17-21(23)27-18-20(22)19-28-29(24,25)26;;/h9-10,20,22H,2-8,11-19H2,1H3,(H2,24,25,26);;/q;+1;-1/b10-9+;;. The molecule has 0 spiro atoms. The second kappa shape index (κ2) is 22.5. The monoisotopic (exact) mass is 460 g/mol. The third kappa shape index (κ3) is 26.3. The number of rotatable bonds is 20. The van der Waals surface area contributed by atoms with Crippen LogP contribution < -0.4 is 29.6 Å². The molecule has 0 rings (SSSR count). The van der Waals surface area contributed by atoms with Gasteiger partial charge in [-0.1, -0.05) is 70.4 Å². The van der Waals surface area contributed by atoms with Crippen molar-refractivity contribution in [2.75, 3.05) is 13.2 Å². The smallest absolute Gasteiger partial charge is 1.00 e. The van der Waals surface area contributed by atoms with Gasteiger partial charge in [-0.15, -0.1) is 0 Å². The summed E-state index contributed by atoms with van der Waals surface area (Å²) in [6.45, 7) is 1.33. The van der Waals surface area contributed by atoms with Gasteiger partial charge in [0.1, 0.15) is 12.7 Å². The largest absolute Gasteiger partial charge is 1.00 e. The molecule has 0 aromatic heterocycles. The van der Waals surface area contributed by atoms with Crippen LogP contribution in [-0.2, 0) is 18.6 Å². The molecular weight excluding hydrogens is 418 g/mol. The minimum absolute atomic E-state index is 0. The third-order valence-electron chi connectivity index (χ3n) is 4.51. The molecule has 0 aliphatic heterocycles.